The second kappa shape index (κ2) is 17.5. The molecule has 312 valence electrons. The summed E-state index contributed by atoms with van der Waals surface area (Å²) in [4.78, 5) is 39.6. The Kier molecular flexibility index (Phi) is 11.4. The molecule has 2 amide bonds. The van der Waals surface area contributed by atoms with Crippen LogP contribution >= 0.6 is 0 Å². The van der Waals surface area contributed by atoms with Crippen molar-refractivity contribution in [3.63, 3.8) is 0 Å². The van der Waals surface area contributed by atoms with Gasteiger partial charge in [-0.05, 0) is 146 Å². The summed E-state index contributed by atoms with van der Waals surface area (Å²) in [6.45, 7) is 8.39. The van der Waals surface area contributed by atoms with E-state index in [1.54, 1.807) is 12.4 Å². The van der Waals surface area contributed by atoms with E-state index in [2.05, 4.69) is 116 Å². The number of amides is 2. The van der Waals surface area contributed by atoms with E-state index in [1.807, 2.05) is 61.1 Å². The van der Waals surface area contributed by atoms with Crippen LogP contribution in [0, 0.1) is 39.5 Å². The van der Waals surface area contributed by atoms with E-state index in [-0.39, 0.29) is 35.5 Å². The molecule has 4 unspecified atom stereocenters. The molecule has 4 aromatic carbocycles. The lowest BCUT2D eigenvalue weighted by molar-refractivity contribution is -0.120. The summed E-state index contributed by atoms with van der Waals surface area (Å²) in [5.41, 5.74) is 13.6. The Morgan fingerprint density at radius 1 is 0.532 bits per heavy atom. The Labute approximate surface area is 361 Å². The number of carbonyl (C=O) groups is 2. The molecule has 0 saturated heterocycles. The van der Waals surface area contributed by atoms with E-state index in [0.29, 0.717) is 11.8 Å². The Bertz CT molecular complexity index is 2680. The minimum absolute atomic E-state index is 0.00440. The summed E-state index contributed by atoms with van der Waals surface area (Å²) in [6.07, 6.45) is 15.0. The van der Waals surface area contributed by atoms with Gasteiger partial charge in [-0.2, -0.15) is 10.2 Å². The molecule has 4 heterocycles. The van der Waals surface area contributed by atoms with Gasteiger partial charge in [0.1, 0.15) is 5.82 Å². The van der Waals surface area contributed by atoms with Crippen molar-refractivity contribution in [2.45, 2.75) is 78.1 Å². The minimum Gasteiger partial charge on any atom is -0.310 e. The smallest absolute Gasteiger partial charge is 0.230 e. The largest absolute Gasteiger partial charge is 0.310 e. The topological polar surface area (TPSA) is 154 Å². The number of aromatic amines is 2. The van der Waals surface area contributed by atoms with Gasteiger partial charge in [-0.15, -0.1) is 0 Å². The normalized spacial score (nSPS) is 18.4. The zero-order valence-electron chi connectivity index (χ0n) is 35.6. The highest BCUT2D eigenvalue weighted by Crippen LogP contribution is 2.43. The molecule has 4 atom stereocenters. The Morgan fingerprint density at radius 2 is 1.03 bits per heavy atom. The quantitative estimate of drug-likeness (QED) is 0.119. The number of fused-ring (bicyclic) bond motifs is 2. The standard InChI is InChI=1S/C26H26N4O.C25H25N5O/c1-16-6-3-4-7-20(16)18-10-11-25(27-14-18)29-26(31)22-9-5-8-21(22)23-13-24-19(12-17(23)2)15-28-30-24;1-15-6-3-4-7-19(15)18-12-26-25(27-13-18)29-24(31)21-9-5-8-20(21)22-11-23-17(10-16(22)2)14-28-30-23/h3-4,6-7,10-15,21-22H,5,8-9H2,1-2H3,(H,28,30)(H,27,29,31);3-4,6-7,10-14,20-21H,5,8-9H2,1-2H3,(H,28,30)(H,26,27,29,31). The zero-order valence-corrected chi connectivity index (χ0v) is 35.6. The lowest BCUT2D eigenvalue weighted by Gasteiger charge is -2.21. The number of hydrogen-bond donors (Lipinski definition) is 4. The van der Waals surface area contributed by atoms with Gasteiger partial charge in [-0.1, -0.05) is 61.4 Å². The van der Waals surface area contributed by atoms with Crippen molar-refractivity contribution >= 4 is 45.4 Å². The first kappa shape index (κ1) is 40.4. The van der Waals surface area contributed by atoms with Crippen LogP contribution in [-0.4, -0.2) is 47.2 Å². The molecule has 11 heteroatoms. The van der Waals surface area contributed by atoms with Crippen LogP contribution < -0.4 is 10.6 Å². The van der Waals surface area contributed by atoms with Crippen LogP contribution in [0.1, 0.15) is 83.7 Å². The van der Waals surface area contributed by atoms with Gasteiger partial charge in [0.05, 0.1) is 23.4 Å². The van der Waals surface area contributed by atoms with Crippen LogP contribution in [0.15, 0.2) is 116 Å². The number of pyridine rings is 1. The lowest BCUT2D eigenvalue weighted by atomic mass is 9.85. The fourth-order valence-electron chi connectivity index (χ4n) is 9.71. The summed E-state index contributed by atoms with van der Waals surface area (Å²) >= 11 is 0. The molecule has 0 bridgehead atoms. The summed E-state index contributed by atoms with van der Waals surface area (Å²) in [5, 5.41) is 22.6. The van der Waals surface area contributed by atoms with E-state index in [9.17, 15) is 9.59 Å². The summed E-state index contributed by atoms with van der Waals surface area (Å²) in [7, 11) is 0. The molecule has 8 aromatic rings. The Hall–Kier alpha value is -7.01. The maximum absolute atomic E-state index is 13.2. The average molecular weight is 822 g/mol. The summed E-state index contributed by atoms with van der Waals surface area (Å²) < 4.78 is 0. The van der Waals surface area contributed by atoms with E-state index in [4.69, 9.17) is 0 Å². The zero-order chi connectivity index (χ0) is 42.7. The maximum Gasteiger partial charge on any atom is 0.230 e. The van der Waals surface area contributed by atoms with Crippen LogP contribution in [0.4, 0.5) is 11.8 Å². The van der Waals surface area contributed by atoms with Crippen molar-refractivity contribution in [2.75, 3.05) is 10.6 Å². The average Bonchev–Trinajstić information content (AvgIpc) is 4.12. The van der Waals surface area contributed by atoms with Crippen LogP contribution in [0.3, 0.4) is 0 Å². The Morgan fingerprint density at radius 3 is 1.55 bits per heavy atom. The lowest BCUT2D eigenvalue weighted by Crippen LogP contribution is -2.26. The van der Waals surface area contributed by atoms with E-state index >= 15 is 0 Å². The van der Waals surface area contributed by atoms with E-state index in [1.165, 1.54) is 33.4 Å². The molecule has 2 saturated carbocycles. The third-order valence-corrected chi connectivity index (χ3v) is 13.0. The number of aromatic nitrogens is 7. The number of nitrogens with one attached hydrogen (secondary N) is 4. The molecular formula is C51H51N9O2. The second-order valence-corrected chi connectivity index (χ2v) is 17.0. The highest BCUT2D eigenvalue weighted by atomic mass is 16.2. The third-order valence-electron chi connectivity index (χ3n) is 13.0. The molecule has 0 radical (unpaired) electrons. The molecular weight excluding hydrogens is 771 g/mol. The Balaban J connectivity index is 0.000000158. The van der Waals surface area contributed by atoms with Crippen LogP contribution in [0.5, 0.6) is 0 Å². The highest BCUT2D eigenvalue weighted by molar-refractivity contribution is 5.93. The number of rotatable bonds is 8. The molecule has 4 N–H and O–H groups in total. The predicted octanol–water partition coefficient (Wildman–Crippen LogP) is 10.9. The van der Waals surface area contributed by atoms with Crippen molar-refractivity contribution < 1.29 is 9.59 Å². The van der Waals surface area contributed by atoms with Gasteiger partial charge in [0.25, 0.3) is 0 Å². The van der Waals surface area contributed by atoms with Crippen molar-refractivity contribution in [3.8, 4) is 22.3 Å². The molecule has 62 heavy (non-hydrogen) atoms. The molecule has 11 nitrogen and oxygen atoms in total. The summed E-state index contributed by atoms with van der Waals surface area (Å²) in [6, 6.07) is 28.9. The fourth-order valence-corrected chi connectivity index (χ4v) is 9.71. The van der Waals surface area contributed by atoms with Crippen molar-refractivity contribution in [1.29, 1.82) is 0 Å². The van der Waals surface area contributed by atoms with Gasteiger partial charge in [-0.3, -0.25) is 25.1 Å². The molecule has 2 fully saturated rings. The van der Waals surface area contributed by atoms with Crippen molar-refractivity contribution in [1.82, 2.24) is 35.3 Å². The van der Waals surface area contributed by atoms with Gasteiger partial charge in [0.2, 0.25) is 17.8 Å². The second-order valence-electron chi connectivity index (χ2n) is 17.0. The predicted molar refractivity (Wildman–Crippen MR) is 246 cm³/mol. The number of hydrogen-bond acceptors (Lipinski definition) is 7. The number of H-pyrrole nitrogens is 2. The molecule has 2 aliphatic carbocycles. The molecule has 10 rings (SSSR count). The van der Waals surface area contributed by atoms with Gasteiger partial charge in [-0.25, -0.2) is 15.0 Å². The van der Waals surface area contributed by atoms with Gasteiger partial charge >= 0.3 is 0 Å². The number of aryl methyl sites for hydroxylation is 4. The highest BCUT2D eigenvalue weighted by Gasteiger charge is 2.36. The summed E-state index contributed by atoms with van der Waals surface area (Å²) in [5.74, 6) is 1.30. The third kappa shape index (κ3) is 8.35. The van der Waals surface area contributed by atoms with E-state index < -0.39 is 0 Å². The SMILES string of the molecule is Cc1ccccc1-c1ccc(NC(=O)C2CCCC2c2cc3[nH]ncc3cc2C)nc1.Cc1ccccc1-c1cnc(NC(=O)C2CCCC2c2cc3[nH]ncc3cc2C)nc1. The minimum atomic E-state index is -0.0845. The maximum atomic E-state index is 13.2. The van der Waals surface area contributed by atoms with Crippen molar-refractivity contribution in [2.24, 2.45) is 11.8 Å². The molecule has 2 aliphatic rings. The van der Waals surface area contributed by atoms with E-state index in [0.717, 1.165) is 82.6 Å². The number of anilines is 2. The first-order valence-electron chi connectivity index (χ1n) is 21.6. The first-order chi connectivity index (χ1) is 30.2. The van der Waals surface area contributed by atoms with Crippen LogP contribution in [0.2, 0.25) is 0 Å². The van der Waals surface area contributed by atoms with Crippen LogP contribution in [0.25, 0.3) is 44.1 Å². The van der Waals surface area contributed by atoms with Gasteiger partial charge in [0, 0.05) is 52.3 Å². The monoisotopic (exact) mass is 821 g/mol. The molecule has 0 aliphatic heterocycles. The number of benzene rings is 4. The molecule has 4 aromatic heterocycles. The van der Waals surface area contributed by atoms with Crippen molar-refractivity contribution in [3.05, 3.63) is 149 Å². The van der Waals surface area contributed by atoms with Gasteiger partial charge < -0.3 is 5.32 Å². The molecule has 0 spiro atoms. The number of nitrogens with zero attached hydrogens (tertiary/aromatic N) is 5. The first-order valence-corrected chi connectivity index (χ1v) is 21.6. The number of carbonyl (C=O) groups excluding carboxylic acids is 2. The van der Waals surface area contributed by atoms with Gasteiger partial charge in [0.15, 0.2) is 0 Å². The fraction of sp³-hybridized carbons (Fsp3) is 0.275. The van der Waals surface area contributed by atoms with Crippen LogP contribution in [-0.2, 0) is 9.59 Å².